The standard InChI is InChI=1S/C21H22N2O6/c1-25-16-6-4-5-7-18(16)28-13-21(24)22-12-15-11-19(29-23-15)14-8-9-17(26-2)20(10-14)27-3/h4-11H,12-13H2,1-3H3,(H,22,24). The Balaban J connectivity index is 1.56. The van der Waals surface area contributed by atoms with Gasteiger partial charge in [-0.3, -0.25) is 4.79 Å². The van der Waals surface area contributed by atoms with Crippen molar-refractivity contribution in [3.05, 3.63) is 54.2 Å². The number of nitrogens with one attached hydrogen (secondary N) is 1. The zero-order chi connectivity index (χ0) is 20.6. The van der Waals surface area contributed by atoms with Crippen LogP contribution in [0, 0.1) is 0 Å². The number of amides is 1. The summed E-state index contributed by atoms with van der Waals surface area (Å²) in [6.45, 7) is 0.0751. The van der Waals surface area contributed by atoms with E-state index >= 15 is 0 Å². The van der Waals surface area contributed by atoms with E-state index in [0.29, 0.717) is 34.5 Å². The summed E-state index contributed by atoms with van der Waals surface area (Å²) in [5, 5.41) is 6.73. The van der Waals surface area contributed by atoms with Crippen LogP contribution in [0.25, 0.3) is 11.3 Å². The van der Waals surface area contributed by atoms with Crippen LogP contribution >= 0.6 is 0 Å². The maximum Gasteiger partial charge on any atom is 0.258 e. The van der Waals surface area contributed by atoms with Gasteiger partial charge in [0, 0.05) is 11.6 Å². The number of methoxy groups -OCH3 is 3. The van der Waals surface area contributed by atoms with Crippen molar-refractivity contribution in [2.45, 2.75) is 6.54 Å². The number of carbonyl (C=O) groups excluding carboxylic acids is 1. The average Bonchev–Trinajstić information content (AvgIpc) is 3.25. The first-order chi connectivity index (χ1) is 14.1. The smallest absolute Gasteiger partial charge is 0.258 e. The van der Waals surface area contributed by atoms with Gasteiger partial charge in [0.2, 0.25) is 0 Å². The van der Waals surface area contributed by atoms with Crippen molar-refractivity contribution in [1.82, 2.24) is 10.5 Å². The van der Waals surface area contributed by atoms with Crippen molar-refractivity contribution >= 4 is 5.91 Å². The van der Waals surface area contributed by atoms with Crippen LogP contribution in [0.5, 0.6) is 23.0 Å². The number of hydrogen-bond acceptors (Lipinski definition) is 7. The van der Waals surface area contributed by atoms with Gasteiger partial charge in [-0.1, -0.05) is 17.3 Å². The minimum Gasteiger partial charge on any atom is -0.493 e. The van der Waals surface area contributed by atoms with Crippen LogP contribution in [-0.4, -0.2) is 39.0 Å². The predicted molar refractivity (Wildman–Crippen MR) is 105 cm³/mol. The van der Waals surface area contributed by atoms with Gasteiger partial charge in [-0.05, 0) is 30.3 Å². The fraction of sp³-hybridized carbons (Fsp3) is 0.238. The van der Waals surface area contributed by atoms with Crippen LogP contribution in [0.2, 0.25) is 0 Å². The van der Waals surface area contributed by atoms with Gasteiger partial charge in [0.05, 0.1) is 27.9 Å². The monoisotopic (exact) mass is 398 g/mol. The second-order valence-electron chi connectivity index (χ2n) is 5.97. The molecular formula is C21H22N2O6. The number of carbonyl (C=O) groups is 1. The zero-order valence-corrected chi connectivity index (χ0v) is 16.4. The number of rotatable bonds is 9. The Bertz CT molecular complexity index is 969. The minimum atomic E-state index is -0.286. The molecule has 1 N–H and O–H groups in total. The van der Waals surface area contributed by atoms with Crippen LogP contribution < -0.4 is 24.3 Å². The SMILES string of the molecule is COc1ccc(-c2cc(CNC(=O)COc3ccccc3OC)no2)cc1OC. The van der Waals surface area contributed by atoms with E-state index in [1.54, 1.807) is 57.7 Å². The van der Waals surface area contributed by atoms with E-state index in [0.717, 1.165) is 5.56 Å². The van der Waals surface area contributed by atoms with Crippen molar-refractivity contribution < 1.29 is 28.3 Å². The molecular weight excluding hydrogens is 376 g/mol. The third-order valence-corrected chi connectivity index (χ3v) is 4.12. The maximum absolute atomic E-state index is 12.1. The molecule has 3 aromatic rings. The normalized spacial score (nSPS) is 10.3. The molecule has 0 aliphatic carbocycles. The lowest BCUT2D eigenvalue weighted by Crippen LogP contribution is -2.28. The van der Waals surface area contributed by atoms with Gasteiger partial charge >= 0.3 is 0 Å². The van der Waals surface area contributed by atoms with Gasteiger partial charge in [0.15, 0.2) is 35.4 Å². The summed E-state index contributed by atoms with van der Waals surface area (Å²) in [5.41, 5.74) is 1.37. The number of ether oxygens (including phenoxy) is 4. The topological polar surface area (TPSA) is 92.1 Å². The van der Waals surface area contributed by atoms with Crippen LogP contribution in [0.3, 0.4) is 0 Å². The highest BCUT2D eigenvalue weighted by atomic mass is 16.5. The Labute approximate surface area is 168 Å². The second kappa shape index (κ2) is 9.50. The van der Waals surface area contributed by atoms with E-state index in [-0.39, 0.29) is 19.1 Å². The van der Waals surface area contributed by atoms with E-state index in [1.807, 2.05) is 12.1 Å². The van der Waals surface area contributed by atoms with Crippen molar-refractivity contribution in [3.8, 4) is 34.3 Å². The van der Waals surface area contributed by atoms with Gasteiger partial charge in [-0.25, -0.2) is 0 Å². The summed E-state index contributed by atoms with van der Waals surface area (Å²) in [5.74, 6) is 2.55. The zero-order valence-electron chi connectivity index (χ0n) is 16.4. The molecule has 8 heteroatoms. The van der Waals surface area contributed by atoms with Crippen molar-refractivity contribution in [3.63, 3.8) is 0 Å². The maximum atomic E-state index is 12.1. The Kier molecular flexibility index (Phi) is 6.57. The van der Waals surface area contributed by atoms with Gasteiger partial charge in [-0.15, -0.1) is 0 Å². The van der Waals surface area contributed by atoms with Crippen molar-refractivity contribution in [1.29, 1.82) is 0 Å². The highest BCUT2D eigenvalue weighted by Gasteiger charge is 2.12. The molecule has 0 saturated carbocycles. The molecule has 0 radical (unpaired) electrons. The summed E-state index contributed by atoms with van der Waals surface area (Å²) in [7, 11) is 4.68. The molecule has 1 heterocycles. The number of aromatic nitrogens is 1. The molecule has 0 aliphatic heterocycles. The summed E-state index contributed by atoms with van der Waals surface area (Å²) in [6, 6.07) is 14.3. The minimum absolute atomic E-state index is 0.138. The molecule has 1 aromatic heterocycles. The molecule has 3 rings (SSSR count). The lowest BCUT2D eigenvalue weighted by molar-refractivity contribution is -0.123. The first-order valence-electron chi connectivity index (χ1n) is 8.85. The van der Waals surface area contributed by atoms with Crippen LogP contribution in [0.4, 0.5) is 0 Å². The van der Waals surface area contributed by atoms with E-state index in [1.165, 1.54) is 0 Å². The predicted octanol–water partition coefficient (Wildman–Crippen LogP) is 3.06. The molecule has 0 atom stereocenters. The first kappa shape index (κ1) is 20.1. The Morgan fingerprint density at radius 1 is 0.931 bits per heavy atom. The van der Waals surface area contributed by atoms with E-state index < -0.39 is 0 Å². The summed E-state index contributed by atoms with van der Waals surface area (Å²) in [6.07, 6.45) is 0. The van der Waals surface area contributed by atoms with Crippen LogP contribution in [-0.2, 0) is 11.3 Å². The second-order valence-corrected chi connectivity index (χ2v) is 5.97. The molecule has 0 spiro atoms. The molecule has 8 nitrogen and oxygen atoms in total. The van der Waals surface area contributed by atoms with Crippen molar-refractivity contribution in [2.24, 2.45) is 0 Å². The van der Waals surface area contributed by atoms with Crippen molar-refractivity contribution in [2.75, 3.05) is 27.9 Å². The Morgan fingerprint density at radius 2 is 1.62 bits per heavy atom. The van der Waals surface area contributed by atoms with Crippen LogP contribution in [0.1, 0.15) is 5.69 Å². The summed E-state index contributed by atoms with van der Waals surface area (Å²) >= 11 is 0. The number of para-hydroxylation sites is 2. The van der Waals surface area contributed by atoms with E-state index in [9.17, 15) is 4.79 Å². The number of hydrogen-bond donors (Lipinski definition) is 1. The Hall–Kier alpha value is -3.68. The molecule has 0 saturated heterocycles. The molecule has 29 heavy (non-hydrogen) atoms. The highest BCUT2D eigenvalue weighted by Crippen LogP contribution is 2.32. The highest BCUT2D eigenvalue weighted by molar-refractivity contribution is 5.77. The first-order valence-corrected chi connectivity index (χ1v) is 8.85. The largest absolute Gasteiger partial charge is 0.493 e. The third-order valence-electron chi connectivity index (χ3n) is 4.12. The molecule has 152 valence electrons. The summed E-state index contributed by atoms with van der Waals surface area (Å²) < 4.78 is 26.6. The van der Waals surface area contributed by atoms with E-state index in [2.05, 4.69) is 10.5 Å². The van der Waals surface area contributed by atoms with Crippen LogP contribution in [0.15, 0.2) is 53.1 Å². The fourth-order valence-electron chi connectivity index (χ4n) is 2.64. The average molecular weight is 398 g/mol. The molecule has 0 bridgehead atoms. The lowest BCUT2D eigenvalue weighted by Gasteiger charge is -2.09. The molecule has 0 fully saturated rings. The molecule has 0 unspecified atom stereocenters. The third kappa shape index (κ3) is 4.98. The molecule has 1 amide bonds. The molecule has 2 aromatic carbocycles. The fourth-order valence-corrected chi connectivity index (χ4v) is 2.64. The van der Waals surface area contributed by atoms with E-state index in [4.69, 9.17) is 23.5 Å². The van der Waals surface area contributed by atoms with Gasteiger partial charge in [-0.2, -0.15) is 0 Å². The lowest BCUT2D eigenvalue weighted by atomic mass is 10.1. The van der Waals surface area contributed by atoms with Gasteiger partial charge in [0.1, 0.15) is 5.69 Å². The number of benzene rings is 2. The Morgan fingerprint density at radius 3 is 2.34 bits per heavy atom. The molecule has 0 aliphatic rings. The van der Waals surface area contributed by atoms with Gasteiger partial charge in [0.25, 0.3) is 5.91 Å². The summed E-state index contributed by atoms with van der Waals surface area (Å²) in [4.78, 5) is 12.1. The number of nitrogens with zero attached hydrogens (tertiary/aromatic N) is 1. The quantitative estimate of drug-likeness (QED) is 0.592. The van der Waals surface area contributed by atoms with Gasteiger partial charge < -0.3 is 28.8 Å².